The summed E-state index contributed by atoms with van der Waals surface area (Å²) in [6.07, 6.45) is 1.42. The lowest BCUT2D eigenvalue weighted by Crippen LogP contribution is -2.24. The molecule has 0 amide bonds. The highest BCUT2D eigenvalue weighted by Gasteiger charge is 2.06. The largest absolute Gasteiger partial charge is 0.388 e. The number of aliphatic hydroxyl groups is 1. The quantitative estimate of drug-likeness (QED) is 0.528. The van der Waals surface area contributed by atoms with Gasteiger partial charge in [-0.2, -0.15) is 0 Å². The predicted molar refractivity (Wildman–Crippen MR) is 58.1 cm³/mol. The minimum atomic E-state index is -0.866. The van der Waals surface area contributed by atoms with E-state index in [1.165, 1.54) is 0 Å². The van der Waals surface area contributed by atoms with E-state index in [1.807, 2.05) is 0 Å². The first-order valence-electron chi connectivity index (χ1n) is 4.74. The summed E-state index contributed by atoms with van der Waals surface area (Å²) in [5.41, 5.74) is 0. The zero-order valence-electron chi connectivity index (χ0n) is 9.05. The molecule has 0 radical (unpaired) electrons. The van der Waals surface area contributed by atoms with Gasteiger partial charge in [0.1, 0.15) is 19.3 Å². The fourth-order valence-electron chi connectivity index (χ4n) is 0.757. The summed E-state index contributed by atoms with van der Waals surface area (Å²) >= 11 is 0. The van der Waals surface area contributed by atoms with E-state index in [9.17, 15) is 14.7 Å². The number of ketones is 2. The molecule has 0 aromatic rings. The second-order valence-electron chi connectivity index (χ2n) is 3.02. The first-order valence-corrected chi connectivity index (χ1v) is 4.74. The van der Waals surface area contributed by atoms with Gasteiger partial charge in [0.05, 0.1) is 13.2 Å². The Balaban J connectivity index is 3.47. The lowest BCUT2D eigenvalue weighted by atomic mass is 10.4. The van der Waals surface area contributed by atoms with Crippen LogP contribution < -0.4 is 0 Å². The van der Waals surface area contributed by atoms with Gasteiger partial charge in [0.2, 0.25) is 0 Å². The van der Waals surface area contributed by atoms with Crippen LogP contribution in [0.3, 0.4) is 0 Å². The van der Waals surface area contributed by atoms with Gasteiger partial charge in [-0.15, -0.1) is 0 Å². The molecule has 0 saturated heterocycles. The second kappa shape index (κ2) is 8.96. The molecule has 0 heterocycles. The molecule has 0 unspecified atom stereocenters. The van der Waals surface area contributed by atoms with Crippen molar-refractivity contribution in [2.24, 2.45) is 0 Å². The molecule has 0 aliphatic rings. The highest BCUT2D eigenvalue weighted by molar-refractivity contribution is 5.90. The topological polar surface area (TPSA) is 72.8 Å². The number of hydrogen-bond donors (Lipinski definition) is 1. The molecule has 5 nitrogen and oxygen atoms in total. The second-order valence-corrected chi connectivity index (χ2v) is 3.02. The number of ether oxygens (including phenoxy) is 2. The Hall–Kier alpha value is -1.30. The van der Waals surface area contributed by atoms with E-state index in [4.69, 9.17) is 9.47 Å². The van der Waals surface area contributed by atoms with Crippen molar-refractivity contribution < 1.29 is 24.2 Å². The number of carbonyl (C=O) groups excluding carboxylic acids is 2. The van der Waals surface area contributed by atoms with Gasteiger partial charge in [-0.05, 0) is 12.2 Å². The zero-order valence-corrected chi connectivity index (χ0v) is 9.05. The van der Waals surface area contributed by atoms with Gasteiger partial charge in [0.25, 0.3) is 0 Å². The van der Waals surface area contributed by atoms with Crippen LogP contribution in [0.15, 0.2) is 25.3 Å². The van der Waals surface area contributed by atoms with Gasteiger partial charge in [-0.25, -0.2) is 0 Å². The van der Waals surface area contributed by atoms with Gasteiger partial charge in [0.15, 0.2) is 11.6 Å². The maximum atomic E-state index is 10.7. The number of hydrogen-bond acceptors (Lipinski definition) is 5. The standard InChI is InChI=1S/C11H16O5/c1-3-9(12)5-15-7-11(14)8-16-6-10(13)4-2/h3-4,11,14H,1-2,5-8H2. The van der Waals surface area contributed by atoms with Crippen molar-refractivity contribution in [3.05, 3.63) is 25.3 Å². The number of aliphatic hydroxyl groups excluding tert-OH is 1. The highest BCUT2D eigenvalue weighted by Crippen LogP contribution is 1.89. The maximum absolute atomic E-state index is 10.7. The van der Waals surface area contributed by atoms with Crippen LogP contribution in [0.2, 0.25) is 0 Å². The summed E-state index contributed by atoms with van der Waals surface area (Å²) < 4.78 is 9.75. The van der Waals surface area contributed by atoms with E-state index < -0.39 is 6.10 Å². The molecular formula is C11H16O5. The summed E-state index contributed by atoms with van der Waals surface area (Å²) in [4.78, 5) is 21.4. The lowest BCUT2D eigenvalue weighted by Gasteiger charge is -2.10. The average molecular weight is 228 g/mol. The van der Waals surface area contributed by atoms with Gasteiger partial charge in [-0.3, -0.25) is 9.59 Å². The fraction of sp³-hybridized carbons (Fsp3) is 0.455. The van der Waals surface area contributed by atoms with Crippen molar-refractivity contribution in [1.29, 1.82) is 0 Å². The van der Waals surface area contributed by atoms with Crippen LogP contribution in [0.1, 0.15) is 0 Å². The van der Waals surface area contributed by atoms with E-state index in [0.717, 1.165) is 12.2 Å². The van der Waals surface area contributed by atoms with Gasteiger partial charge < -0.3 is 14.6 Å². The van der Waals surface area contributed by atoms with Crippen molar-refractivity contribution in [1.82, 2.24) is 0 Å². The van der Waals surface area contributed by atoms with Crippen molar-refractivity contribution in [3.8, 4) is 0 Å². The normalized spacial score (nSPS) is 10.1. The molecule has 5 heteroatoms. The Morgan fingerprint density at radius 3 is 1.75 bits per heavy atom. The smallest absolute Gasteiger partial charge is 0.180 e. The molecule has 90 valence electrons. The molecule has 0 aromatic carbocycles. The van der Waals surface area contributed by atoms with E-state index in [2.05, 4.69) is 13.2 Å². The van der Waals surface area contributed by atoms with E-state index in [1.54, 1.807) is 0 Å². The molecular weight excluding hydrogens is 212 g/mol. The molecule has 0 spiro atoms. The average Bonchev–Trinajstić information content (AvgIpc) is 2.28. The van der Waals surface area contributed by atoms with Gasteiger partial charge in [0, 0.05) is 0 Å². The molecule has 0 bridgehead atoms. The van der Waals surface area contributed by atoms with Crippen LogP contribution >= 0.6 is 0 Å². The molecule has 1 N–H and O–H groups in total. The van der Waals surface area contributed by atoms with Crippen LogP contribution in [0.25, 0.3) is 0 Å². The van der Waals surface area contributed by atoms with Crippen LogP contribution in [-0.2, 0) is 19.1 Å². The molecule has 0 saturated carbocycles. The van der Waals surface area contributed by atoms with Crippen LogP contribution in [0.5, 0.6) is 0 Å². The van der Waals surface area contributed by atoms with Gasteiger partial charge >= 0.3 is 0 Å². The third kappa shape index (κ3) is 8.05. The third-order valence-corrected chi connectivity index (χ3v) is 1.56. The molecule has 0 rings (SSSR count). The number of carbonyl (C=O) groups is 2. The summed E-state index contributed by atoms with van der Waals surface area (Å²) in [7, 11) is 0. The number of rotatable bonds is 10. The maximum Gasteiger partial charge on any atom is 0.180 e. The van der Waals surface area contributed by atoms with Crippen molar-refractivity contribution in [3.63, 3.8) is 0 Å². The Labute approximate surface area is 94.4 Å². The lowest BCUT2D eigenvalue weighted by molar-refractivity contribution is -0.122. The Kier molecular flexibility index (Phi) is 8.24. The minimum absolute atomic E-state index is 0.0259. The van der Waals surface area contributed by atoms with Crippen molar-refractivity contribution in [2.45, 2.75) is 6.10 Å². The summed E-state index contributed by atoms with van der Waals surface area (Å²) in [5.74, 6) is -0.509. The molecule has 0 fully saturated rings. The summed E-state index contributed by atoms with van der Waals surface area (Å²) in [6, 6.07) is 0. The molecule has 0 aromatic heterocycles. The van der Waals surface area contributed by atoms with E-state index in [0.29, 0.717) is 0 Å². The molecule has 0 atom stereocenters. The third-order valence-electron chi connectivity index (χ3n) is 1.56. The fourth-order valence-corrected chi connectivity index (χ4v) is 0.757. The Morgan fingerprint density at radius 2 is 1.44 bits per heavy atom. The van der Waals surface area contributed by atoms with Crippen molar-refractivity contribution >= 4 is 11.6 Å². The summed E-state index contributed by atoms with van der Waals surface area (Å²) in [5, 5.41) is 9.30. The molecule has 0 aliphatic heterocycles. The van der Waals surface area contributed by atoms with Gasteiger partial charge in [-0.1, -0.05) is 13.2 Å². The monoisotopic (exact) mass is 228 g/mol. The first kappa shape index (κ1) is 14.7. The van der Waals surface area contributed by atoms with Crippen molar-refractivity contribution in [2.75, 3.05) is 26.4 Å². The van der Waals surface area contributed by atoms with Crippen LogP contribution in [0, 0.1) is 0 Å². The van der Waals surface area contributed by atoms with Crippen LogP contribution in [-0.4, -0.2) is 49.2 Å². The zero-order chi connectivity index (χ0) is 12.4. The van der Waals surface area contributed by atoms with E-state index in [-0.39, 0.29) is 38.0 Å². The minimum Gasteiger partial charge on any atom is -0.388 e. The first-order chi connectivity index (χ1) is 7.60. The molecule has 0 aliphatic carbocycles. The van der Waals surface area contributed by atoms with Crippen LogP contribution in [0.4, 0.5) is 0 Å². The summed E-state index contributed by atoms with van der Waals surface area (Å²) in [6.45, 7) is 6.26. The highest BCUT2D eigenvalue weighted by atomic mass is 16.5. The SMILES string of the molecule is C=CC(=O)COCC(O)COCC(=O)C=C. The van der Waals surface area contributed by atoms with E-state index >= 15 is 0 Å². The molecule has 16 heavy (non-hydrogen) atoms. The Morgan fingerprint density at radius 1 is 1.06 bits per heavy atom. The predicted octanol–water partition coefficient (Wildman–Crippen LogP) is -0.109. The Bertz CT molecular complexity index is 233.